The van der Waals surface area contributed by atoms with E-state index in [0.29, 0.717) is 11.3 Å². The molecule has 3 aromatic rings. The van der Waals surface area contributed by atoms with Crippen LogP contribution in [-0.4, -0.2) is 20.9 Å². The Balaban J connectivity index is 2.04. The molecule has 7 nitrogen and oxygen atoms in total. The Kier molecular flexibility index (Phi) is 5.16. The number of hydrogen-bond donors (Lipinski definition) is 1. The van der Waals surface area contributed by atoms with Crippen LogP contribution in [0.1, 0.15) is 16.8 Å². The van der Waals surface area contributed by atoms with Crippen molar-refractivity contribution in [2.45, 2.75) is 13.8 Å². The second-order valence-corrected chi connectivity index (χ2v) is 6.67. The van der Waals surface area contributed by atoms with Gasteiger partial charge in [0.1, 0.15) is 5.69 Å². The quantitative estimate of drug-likeness (QED) is 0.386. The number of aromatic nitrogens is 2. The van der Waals surface area contributed by atoms with Gasteiger partial charge in [-0.15, -0.1) is 0 Å². The van der Waals surface area contributed by atoms with Gasteiger partial charge in [-0.1, -0.05) is 41.4 Å². The van der Waals surface area contributed by atoms with Gasteiger partial charge in [-0.2, -0.15) is 0 Å². The van der Waals surface area contributed by atoms with Crippen LogP contribution in [0.5, 0.6) is 0 Å². The number of nitro benzene ring substituents is 1. The summed E-state index contributed by atoms with van der Waals surface area (Å²) < 4.78 is 1.44. The minimum absolute atomic E-state index is 0.0258. The lowest BCUT2D eigenvalue weighted by Crippen LogP contribution is -2.18. The van der Waals surface area contributed by atoms with Crippen molar-refractivity contribution in [1.82, 2.24) is 9.78 Å². The van der Waals surface area contributed by atoms with Crippen LogP contribution in [0.15, 0.2) is 46.2 Å². The largest absolute Gasteiger partial charge is 0.295 e. The van der Waals surface area contributed by atoms with Crippen LogP contribution in [0, 0.1) is 24.0 Å². The summed E-state index contributed by atoms with van der Waals surface area (Å²) >= 11 is 12.1. The number of aliphatic imine (C=N–C) groups is 1. The predicted molar refractivity (Wildman–Crippen MR) is 106 cm³/mol. The molecule has 1 N–H and O–H groups in total. The highest BCUT2D eigenvalue weighted by atomic mass is 35.5. The number of nitrogens with one attached hydrogen (secondary N) is 1. The van der Waals surface area contributed by atoms with Crippen molar-refractivity contribution in [3.63, 3.8) is 0 Å². The normalized spacial score (nSPS) is 11.3. The molecule has 9 heteroatoms. The number of aromatic amines is 1. The Morgan fingerprint density at radius 2 is 1.81 bits per heavy atom. The third-order valence-electron chi connectivity index (χ3n) is 4.01. The zero-order chi connectivity index (χ0) is 19.7. The highest BCUT2D eigenvalue weighted by Crippen LogP contribution is 2.36. The van der Waals surface area contributed by atoms with Crippen LogP contribution < -0.4 is 5.56 Å². The van der Waals surface area contributed by atoms with Crippen LogP contribution in [0.4, 0.5) is 11.4 Å². The van der Waals surface area contributed by atoms with Crippen molar-refractivity contribution in [2.75, 3.05) is 0 Å². The molecule has 1 heterocycles. The first-order valence-corrected chi connectivity index (χ1v) is 8.60. The molecule has 0 aliphatic rings. The van der Waals surface area contributed by atoms with Gasteiger partial charge in [0.2, 0.25) is 0 Å². The lowest BCUT2D eigenvalue weighted by Gasteiger charge is -2.04. The Hall–Kier alpha value is -2.90. The molecular weight excluding hydrogens is 391 g/mol. The highest BCUT2D eigenvalue weighted by Gasteiger charge is 2.15. The summed E-state index contributed by atoms with van der Waals surface area (Å²) in [4.78, 5) is 27.2. The molecule has 0 radical (unpaired) electrons. The van der Waals surface area contributed by atoms with Crippen molar-refractivity contribution >= 4 is 40.8 Å². The average Bonchev–Trinajstić information content (AvgIpc) is 2.89. The van der Waals surface area contributed by atoms with Crippen LogP contribution in [0.3, 0.4) is 0 Å². The molecule has 1 aromatic heterocycles. The molecule has 3 rings (SSSR count). The lowest BCUT2D eigenvalue weighted by molar-refractivity contribution is -0.384. The van der Waals surface area contributed by atoms with Gasteiger partial charge in [0.05, 0.1) is 26.2 Å². The van der Waals surface area contributed by atoms with E-state index >= 15 is 0 Å². The summed E-state index contributed by atoms with van der Waals surface area (Å²) in [5.41, 5.74) is 2.27. The Labute approximate surface area is 164 Å². The van der Waals surface area contributed by atoms with Crippen LogP contribution >= 0.6 is 23.2 Å². The van der Waals surface area contributed by atoms with E-state index in [1.165, 1.54) is 10.9 Å². The van der Waals surface area contributed by atoms with Crippen molar-refractivity contribution in [3.05, 3.63) is 83.7 Å². The second kappa shape index (κ2) is 7.38. The number of aryl methyl sites for hydroxylation is 2. The smallest absolute Gasteiger partial charge is 0.280 e. The first-order valence-electron chi connectivity index (χ1n) is 7.84. The molecule has 0 aliphatic heterocycles. The second-order valence-electron chi connectivity index (χ2n) is 5.85. The number of H-pyrrole nitrogens is 1. The first-order chi connectivity index (χ1) is 12.8. The van der Waals surface area contributed by atoms with Gasteiger partial charge in [-0.05, 0) is 25.5 Å². The summed E-state index contributed by atoms with van der Waals surface area (Å²) in [5.74, 6) is 0. The van der Waals surface area contributed by atoms with E-state index in [9.17, 15) is 14.9 Å². The van der Waals surface area contributed by atoms with Gasteiger partial charge in [-0.25, -0.2) is 4.68 Å². The summed E-state index contributed by atoms with van der Waals surface area (Å²) in [5, 5.41) is 13.9. The third kappa shape index (κ3) is 3.65. The van der Waals surface area contributed by atoms with Gasteiger partial charge >= 0.3 is 0 Å². The topological polar surface area (TPSA) is 93.3 Å². The molecule has 0 saturated carbocycles. The molecule has 2 aromatic carbocycles. The van der Waals surface area contributed by atoms with E-state index in [0.717, 1.165) is 23.4 Å². The number of para-hydroxylation sites is 1. The van der Waals surface area contributed by atoms with Crippen LogP contribution in [-0.2, 0) is 0 Å². The van der Waals surface area contributed by atoms with Crippen LogP contribution in [0.25, 0.3) is 5.69 Å². The zero-order valence-electron chi connectivity index (χ0n) is 14.4. The molecule has 0 saturated heterocycles. The Morgan fingerprint density at radius 1 is 1.19 bits per heavy atom. The molecule has 0 aliphatic carbocycles. The molecule has 0 atom stereocenters. The fraction of sp³-hybridized carbons (Fsp3) is 0.111. The van der Waals surface area contributed by atoms with E-state index < -0.39 is 4.92 Å². The maximum atomic E-state index is 12.8. The predicted octanol–water partition coefficient (Wildman–Crippen LogP) is 4.75. The summed E-state index contributed by atoms with van der Waals surface area (Å²) in [6, 6.07) is 9.79. The van der Waals surface area contributed by atoms with Gasteiger partial charge in [0.25, 0.3) is 11.2 Å². The highest BCUT2D eigenvalue weighted by molar-refractivity contribution is 6.39. The average molecular weight is 405 g/mol. The van der Waals surface area contributed by atoms with Crippen LogP contribution in [0.2, 0.25) is 10.0 Å². The molecule has 0 fully saturated rings. The summed E-state index contributed by atoms with van der Waals surface area (Å²) in [6.45, 7) is 3.65. The number of rotatable bonds is 4. The fourth-order valence-electron chi connectivity index (χ4n) is 2.61. The monoisotopic (exact) mass is 404 g/mol. The Morgan fingerprint density at radius 3 is 2.41 bits per heavy atom. The minimum atomic E-state index is -0.595. The molecule has 0 amide bonds. The van der Waals surface area contributed by atoms with Crippen molar-refractivity contribution in [2.24, 2.45) is 4.99 Å². The first kappa shape index (κ1) is 18.9. The number of benzene rings is 2. The maximum absolute atomic E-state index is 12.8. The molecule has 0 unspecified atom stereocenters. The van der Waals surface area contributed by atoms with Crippen molar-refractivity contribution in [1.29, 1.82) is 0 Å². The number of halogens is 2. The van der Waals surface area contributed by atoms with E-state index in [2.05, 4.69) is 10.1 Å². The van der Waals surface area contributed by atoms with Crippen molar-refractivity contribution < 1.29 is 4.92 Å². The van der Waals surface area contributed by atoms with E-state index in [1.807, 2.05) is 31.2 Å². The summed E-state index contributed by atoms with van der Waals surface area (Å²) in [6.07, 6.45) is 1.35. The minimum Gasteiger partial charge on any atom is -0.295 e. The van der Waals surface area contributed by atoms with E-state index in [4.69, 9.17) is 23.2 Å². The molecule has 0 spiro atoms. The van der Waals surface area contributed by atoms with E-state index in [-0.39, 0.29) is 27.0 Å². The number of nitro groups is 1. The molecule has 138 valence electrons. The molecule has 27 heavy (non-hydrogen) atoms. The fourth-order valence-corrected chi connectivity index (χ4v) is 3.18. The van der Waals surface area contributed by atoms with Gasteiger partial charge < -0.3 is 0 Å². The molecular formula is C18H14Cl2N4O3. The number of non-ortho nitro benzene ring substituents is 1. The maximum Gasteiger partial charge on any atom is 0.280 e. The number of nitrogens with zero attached hydrogens (tertiary/aromatic N) is 3. The van der Waals surface area contributed by atoms with Gasteiger partial charge in [0.15, 0.2) is 0 Å². The third-order valence-corrected chi connectivity index (χ3v) is 4.58. The SMILES string of the molecule is Cc1ccccc1-n1[nH]c(C)c(C=Nc2c(Cl)cc([N+](=O)[O-])cc2Cl)c1=O. The van der Waals surface area contributed by atoms with E-state index in [1.54, 1.807) is 6.92 Å². The zero-order valence-corrected chi connectivity index (χ0v) is 15.9. The van der Waals surface area contributed by atoms with Gasteiger partial charge in [-0.3, -0.25) is 25.0 Å². The standard InChI is InChI=1S/C18H14Cl2N4O3/c1-10-5-3-4-6-16(10)23-18(25)13(11(2)22-23)9-21-17-14(19)7-12(24(26)27)8-15(17)20/h3-9,22H,1-2H3. The van der Waals surface area contributed by atoms with Crippen molar-refractivity contribution in [3.8, 4) is 5.69 Å². The van der Waals surface area contributed by atoms with Gasteiger partial charge in [0, 0.05) is 24.0 Å². The number of hydrogen-bond acceptors (Lipinski definition) is 4. The Bertz CT molecular complexity index is 1110. The molecule has 0 bridgehead atoms. The summed E-state index contributed by atoms with van der Waals surface area (Å²) in [7, 11) is 0. The lowest BCUT2D eigenvalue weighted by atomic mass is 10.2.